The van der Waals surface area contributed by atoms with Crippen molar-refractivity contribution in [3.05, 3.63) is 46.0 Å². The summed E-state index contributed by atoms with van der Waals surface area (Å²) >= 11 is 7.56. The summed E-state index contributed by atoms with van der Waals surface area (Å²) in [4.78, 5) is 41.8. The van der Waals surface area contributed by atoms with Gasteiger partial charge in [0, 0.05) is 30.6 Å². The molecule has 1 N–H and O–H groups in total. The van der Waals surface area contributed by atoms with Crippen LogP contribution in [-0.2, 0) is 9.47 Å². The van der Waals surface area contributed by atoms with Crippen molar-refractivity contribution < 1.29 is 37.4 Å². The Kier molecular flexibility index (Phi) is 8.35. The highest BCUT2D eigenvalue weighted by molar-refractivity contribution is 7.23. The molecule has 10 nitrogen and oxygen atoms in total. The Balaban J connectivity index is 1.54. The van der Waals surface area contributed by atoms with Crippen LogP contribution >= 0.6 is 22.9 Å². The number of nitriles is 1. The Morgan fingerprint density at radius 1 is 1.09 bits per heavy atom. The number of ether oxygens (including phenoxy) is 3. The quantitative estimate of drug-likeness (QED) is 0.309. The lowest BCUT2D eigenvalue weighted by molar-refractivity contribution is 0.000946. The van der Waals surface area contributed by atoms with Crippen LogP contribution in [0.2, 0.25) is 5.02 Å². The zero-order chi connectivity index (χ0) is 33.0. The highest BCUT2D eigenvalue weighted by atomic mass is 35.5. The number of anilines is 1. The molecule has 2 aromatic carbocycles. The van der Waals surface area contributed by atoms with Crippen LogP contribution in [0.3, 0.4) is 0 Å². The average Bonchev–Trinajstić information content (AvgIpc) is 3.22. The smallest absolute Gasteiger partial charge is 0.412 e. The van der Waals surface area contributed by atoms with Crippen LogP contribution < -0.4 is 10.1 Å². The Morgan fingerprint density at radius 3 is 2.42 bits per heavy atom. The zero-order valence-corrected chi connectivity index (χ0v) is 27.0. The number of hydrogen-bond acceptors (Lipinski definition) is 8. The molecule has 0 bridgehead atoms. The molecule has 238 valence electrons. The van der Waals surface area contributed by atoms with Crippen LogP contribution in [0.1, 0.15) is 57.5 Å². The standard InChI is InChI=1S/C31H31ClF2N4O6S/c1-30(2,3)43-28(40)36-26-18(12-35)21-16(7-8-19(33)25(21)45-26)22-20(34)11-17-24(23(22)32)42-14-15-13-37(9-10-38(15)27(17)39)29(41)44-31(4,5)6/h7-8,11,15H,9-10,13-14H2,1-6H3,(H,36,40)/t15-/m1/s1. The van der Waals surface area contributed by atoms with Crippen LogP contribution in [0.4, 0.5) is 23.4 Å². The van der Waals surface area contributed by atoms with Crippen molar-refractivity contribution in [3.8, 4) is 22.9 Å². The number of halogens is 3. The number of piperazine rings is 1. The third-order valence-electron chi connectivity index (χ3n) is 7.01. The van der Waals surface area contributed by atoms with Gasteiger partial charge in [-0.05, 0) is 59.2 Å². The fourth-order valence-corrected chi connectivity index (χ4v) is 6.63. The normalized spacial score (nSPS) is 16.7. The minimum Gasteiger partial charge on any atom is -0.489 e. The van der Waals surface area contributed by atoms with E-state index in [9.17, 15) is 19.6 Å². The molecular formula is C31H31ClF2N4O6S. The van der Waals surface area contributed by atoms with Gasteiger partial charge in [0.1, 0.15) is 40.5 Å². The number of hydrogen-bond donors (Lipinski definition) is 1. The molecule has 2 aliphatic heterocycles. The predicted molar refractivity (Wildman–Crippen MR) is 165 cm³/mol. The molecule has 2 aliphatic rings. The maximum Gasteiger partial charge on any atom is 0.412 e. The Labute approximate surface area is 267 Å². The van der Waals surface area contributed by atoms with Gasteiger partial charge in [-0.3, -0.25) is 10.1 Å². The number of amides is 3. The molecular weight excluding hydrogens is 630 g/mol. The number of carbonyl (C=O) groups is 3. The molecule has 3 aromatic rings. The lowest BCUT2D eigenvalue weighted by Crippen LogP contribution is -2.58. The van der Waals surface area contributed by atoms with E-state index in [0.717, 1.165) is 23.5 Å². The van der Waals surface area contributed by atoms with E-state index < -0.39 is 47.0 Å². The van der Waals surface area contributed by atoms with Crippen LogP contribution in [0, 0.1) is 23.0 Å². The van der Waals surface area contributed by atoms with Gasteiger partial charge in [0.15, 0.2) is 5.75 Å². The summed E-state index contributed by atoms with van der Waals surface area (Å²) in [7, 11) is 0. The second-order valence-corrected chi connectivity index (χ2v) is 14.1. The Bertz CT molecular complexity index is 1770. The molecule has 0 radical (unpaired) electrons. The van der Waals surface area contributed by atoms with Crippen LogP contribution in [-0.4, -0.2) is 71.4 Å². The molecule has 5 rings (SSSR count). The molecule has 14 heteroatoms. The zero-order valence-electron chi connectivity index (χ0n) is 25.5. The van der Waals surface area contributed by atoms with Crippen molar-refractivity contribution in [2.75, 3.05) is 31.6 Å². The van der Waals surface area contributed by atoms with E-state index in [2.05, 4.69) is 5.32 Å². The second-order valence-electron chi connectivity index (χ2n) is 12.7. The Hall–Kier alpha value is -4.15. The van der Waals surface area contributed by atoms with Crippen molar-refractivity contribution in [3.63, 3.8) is 0 Å². The highest BCUT2D eigenvalue weighted by Gasteiger charge is 2.40. The minimum absolute atomic E-state index is 0.0113. The predicted octanol–water partition coefficient (Wildman–Crippen LogP) is 7.17. The van der Waals surface area contributed by atoms with E-state index in [4.69, 9.17) is 25.8 Å². The first-order valence-corrected chi connectivity index (χ1v) is 15.3. The largest absolute Gasteiger partial charge is 0.489 e. The van der Waals surface area contributed by atoms with Gasteiger partial charge in [-0.1, -0.05) is 17.7 Å². The van der Waals surface area contributed by atoms with Crippen molar-refractivity contribution in [2.45, 2.75) is 58.8 Å². The van der Waals surface area contributed by atoms with Gasteiger partial charge in [0.2, 0.25) is 0 Å². The van der Waals surface area contributed by atoms with Crippen LogP contribution in [0.15, 0.2) is 18.2 Å². The van der Waals surface area contributed by atoms with Crippen molar-refractivity contribution in [2.24, 2.45) is 0 Å². The summed E-state index contributed by atoms with van der Waals surface area (Å²) in [5.74, 6) is -2.19. The van der Waals surface area contributed by atoms with Gasteiger partial charge in [-0.15, -0.1) is 11.3 Å². The van der Waals surface area contributed by atoms with E-state index in [1.807, 2.05) is 6.07 Å². The van der Waals surface area contributed by atoms with E-state index in [1.54, 1.807) is 41.5 Å². The van der Waals surface area contributed by atoms with Crippen molar-refractivity contribution >= 4 is 56.1 Å². The van der Waals surface area contributed by atoms with Gasteiger partial charge in [-0.2, -0.15) is 5.26 Å². The third-order valence-corrected chi connectivity index (χ3v) is 8.48. The first-order chi connectivity index (χ1) is 21.0. The van der Waals surface area contributed by atoms with Gasteiger partial charge in [0.05, 0.1) is 26.9 Å². The number of benzene rings is 2. The second kappa shape index (κ2) is 11.7. The lowest BCUT2D eigenvalue weighted by atomic mass is 9.96. The SMILES string of the molecule is CC(C)(C)OC(=O)Nc1sc2c(F)ccc(-c3c(F)cc4c(c3Cl)OC[C@H]3CN(C(=O)OC(C)(C)C)CCN3C4=O)c2c1C#N. The molecule has 0 unspecified atom stereocenters. The summed E-state index contributed by atoms with van der Waals surface area (Å²) in [6.45, 7) is 10.7. The van der Waals surface area contributed by atoms with Gasteiger partial charge >= 0.3 is 12.2 Å². The number of nitrogens with zero attached hydrogens (tertiary/aromatic N) is 3. The van der Waals surface area contributed by atoms with Gasteiger partial charge < -0.3 is 24.0 Å². The van der Waals surface area contributed by atoms with Crippen molar-refractivity contribution in [1.29, 1.82) is 5.26 Å². The highest BCUT2D eigenvalue weighted by Crippen LogP contribution is 2.48. The number of nitrogens with one attached hydrogen (secondary N) is 1. The summed E-state index contributed by atoms with van der Waals surface area (Å²) in [6, 6.07) is 4.81. The van der Waals surface area contributed by atoms with Crippen LogP contribution in [0.25, 0.3) is 21.2 Å². The molecule has 0 spiro atoms. The first-order valence-electron chi connectivity index (χ1n) is 14.1. The maximum absolute atomic E-state index is 16.0. The van der Waals surface area contributed by atoms with Crippen LogP contribution in [0.5, 0.6) is 5.75 Å². The lowest BCUT2D eigenvalue weighted by Gasteiger charge is -2.40. The van der Waals surface area contributed by atoms with E-state index in [0.29, 0.717) is 0 Å². The molecule has 3 amide bonds. The maximum atomic E-state index is 16.0. The summed E-state index contributed by atoms with van der Waals surface area (Å²) in [6.07, 6.45) is -1.37. The fourth-order valence-electron chi connectivity index (χ4n) is 5.21. The first kappa shape index (κ1) is 32.2. The molecule has 1 atom stereocenters. The topological polar surface area (TPSA) is 121 Å². The fraction of sp³-hybridized carbons (Fsp3) is 0.419. The van der Waals surface area contributed by atoms with E-state index >= 15 is 8.78 Å². The summed E-state index contributed by atoms with van der Waals surface area (Å²) in [5, 5.41) is 12.3. The number of carbonyl (C=O) groups excluding carboxylic acids is 3. The molecule has 0 aliphatic carbocycles. The number of thiophene rings is 1. The van der Waals surface area contributed by atoms with E-state index in [1.165, 1.54) is 15.9 Å². The van der Waals surface area contributed by atoms with Crippen molar-refractivity contribution in [1.82, 2.24) is 9.80 Å². The van der Waals surface area contributed by atoms with E-state index in [-0.39, 0.29) is 74.4 Å². The van der Waals surface area contributed by atoms with Gasteiger partial charge in [-0.25, -0.2) is 18.4 Å². The third kappa shape index (κ3) is 6.35. The summed E-state index contributed by atoms with van der Waals surface area (Å²) in [5.41, 5.74) is -1.89. The van der Waals surface area contributed by atoms with Gasteiger partial charge in [0.25, 0.3) is 5.91 Å². The Morgan fingerprint density at radius 2 is 1.78 bits per heavy atom. The average molecular weight is 661 g/mol. The summed E-state index contributed by atoms with van der Waals surface area (Å²) < 4.78 is 47.8. The molecule has 3 heterocycles. The molecule has 1 saturated heterocycles. The monoisotopic (exact) mass is 660 g/mol. The molecule has 0 saturated carbocycles. The minimum atomic E-state index is -0.897. The molecule has 1 fully saturated rings. The molecule has 45 heavy (non-hydrogen) atoms. The number of fused-ring (bicyclic) bond motifs is 3. The molecule has 1 aromatic heterocycles. The number of rotatable bonds is 2.